The molecule has 0 saturated heterocycles. The van der Waals surface area contributed by atoms with Crippen LogP contribution in [0.1, 0.15) is 12.7 Å². The Kier molecular flexibility index (Phi) is 5.01. The molecule has 1 aromatic carbocycles. The van der Waals surface area contributed by atoms with E-state index >= 15 is 0 Å². The van der Waals surface area contributed by atoms with Gasteiger partial charge < -0.3 is 15.0 Å². The normalized spacial score (nSPS) is 11.9. The van der Waals surface area contributed by atoms with Crippen LogP contribution < -0.4 is 10.1 Å². The van der Waals surface area contributed by atoms with E-state index in [0.29, 0.717) is 23.7 Å². The fourth-order valence-electron chi connectivity index (χ4n) is 1.68. The molecule has 1 unspecified atom stereocenters. The lowest BCUT2D eigenvalue weighted by atomic mass is 10.3. The van der Waals surface area contributed by atoms with Crippen LogP contribution in [-0.4, -0.2) is 28.5 Å². The van der Waals surface area contributed by atoms with Gasteiger partial charge in [0.05, 0.1) is 0 Å². The third-order valence-electron chi connectivity index (χ3n) is 2.69. The van der Waals surface area contributed by atoms with Gasteiger partial charge in [-0.05, 0) is 25.1 Å². The first-order chi connectivity index (χ1) is 9.65. The second kappa shape index (κ2) is 6.96. The summed E-state index contributed by atoms with van der Waals surface area (Å²) in [6.45, 7) is 2.21. The maximum atomic E-state index is 11.9. The number of nitrogens with zero attached hydrogens (tertiary/aromatic N) is 1. The van der Waals surface area contributed by atoms with Crippen LogP contribution in [0.3, 0.4) is 0 Å². The molecule has 0 aliphatic carbocycles. The summed E-state index contributed by atoms with van der Waals surface area (Å²) >= 11 is 5.86. The van der Waals surface area contributed by atoms with Crippen molar-refractivity contribution in [3.63, 3.8) is 0 Å². The van der Waals surface area contributed by atoms with E-state index in [1.807, 2.05) is 0 Å². The molecule has 20 heavy (non-hydrogen) atoms. The predicted molar refractivity (Wildman–Crippen MR) is 76.8 cm³/mol. The fourth-order valence-corrected chi connectivity index (χ4v) is 1.86. The number of imidazole rings is 1. The molecule has 0 aliphatic rings. The van der Waals surface area contributed by atoms with Gasteiger partial charge in [0.2, 0.25) is 0 Å². The first-order valence-electron chi connectivity index (χ1n) is 6.33. The quantitative estimate of drug-likeness (QED) is 0.858. The van der Waals surface area contributed by atoms with Crippen LogP contribution in [0.5, 0.6) is 5.75 Å². The minimum Gasteiger partial charge on any atom is -0.481 e. The van der Waals surface area contributed by atoms with Gasteiger partial charge in [-0.15, -0.1) is 0 Å². The molecule has 1 heterocycles. The Morgan fingerprint density at radius 3 is 3.10 bits per heavy atom. The van der Waals surface area contributed by atoms with Crippen LogP contribution in [0.25, 0.3) is 0 Å². The van der Waals surface area contributed by atoms with Crippen molar-refractivity contribution in [2.24, 2.45) is 0 Å². The molecule has 2 N–H and O–H groups in total. The number of rotatable bonds is 6. The van der Waals surface area contributed by atoms with E-state index in [4.69, 9.17) is 16.3 Å². The standard InChI is InChI=1S/C14H16ClN3O2/c1-10(20-12-4-2-3-11(15)9-12)14(19)18-6-5-13-16-7-8-17-13/h2-4,7-10H,5-6H2,1H3,(H,16,17)(H,18,19). The van der Waals surface area contributed by atoms with Crippen LogP contribution in [0.2, 0.25) is 5.02 Å². The molecule has 1 atom stereocenters. The van der Waals surface area contributed by atoms with Crippen LogP contribution in [-0.2, 0) is 11.2 Å². The van der Waals surface area contributed by atoms with Crippen molar-refractivity contribution in [2.75, 3.05) is 6.54 Å². The third-order valence-corrected chi connectivity index (χ3v) is 2.93. The second-order valence-electron chi connectivity index (χ2n) is 4.29. The zero-order valence-corrected chi connectivity index (χ0v) is 11.9. The van der Waals surface area contributed by atoms with Crippen molar-refractivity contribution in [1.29, 1.82) is 0 Å². The molecule has 0 fully saturated rings. The van der Waals surface area contributed by atoms with Gasteiger partial charge in [0.15, 0.2) is 6.10 Å². The Labute approximate surface area is 122 Å². The number of aromatic amines is 1. The van der Waals surface area contributed by atoms with Crippen molar-refractivity contribution in [3.8, 4) is 5.75 Å². The Bertz CT molecular complexity index is 557. The average Bonchev–Trinajstić information content (AvgIpc) is 2.91. The summed E-state index contributed by atoms with van der Waals surface area (Å²) < 4.78 is 5.52. The van der Waals surface area contributed by atoms with Crippen molar-refractivity contribution >= 4 is 17.5 Å². The molecule has 0 aliphatic heterocycles. The number of halogens is 1. The van der Waals surface area contributed by atoms with E-state index in [-0.39, 0.29) is 5.91 Å². The van der Waals surface area contributed by atoms with Crippen LogP contribution in [0, 0.1) is 0 Å². The minimum absolute atomic E-state index is 0.170. The highest BCUT2D eigenvalue weighted by molar-refractivity contribution is 6.30. The molecule has 2 rings (SSSR count). The molecular weight excluding hydrogens is 278 g/mol. The lowest BCUT2D eigenvalue weighted by Gasteiger charge is -2.14. The Morgan fingerprint density at radius 2 is 2.40 bits per heavy atom. The lowest BCUT2D eigenvalue weighted by Crippen LogP contribution is -2.37. The summed E-state index contributed by atoms with van der Waals surface area (Å²) in [4.78, 5) is 18.9. The van der Waals surface area contributed by atoms with Crippen molar-refractivity contribution in [1.82, 2.24) is 15.3 Å². The molecule has 0 radical (unpaired) electrons. The van der Waals surface area contributed by atoms with Gasteiger partial charge in [0.25, 0.3) is 5.91 Å². The molecule has 6 heteroatoms. The number of carbonyl (C=O) groups is 1. The van der Waals surface area contributed by atoms with Gasteiger partial charge in [-0.1, -0.05) is 17.7 Å². The van der Waals surface area contributed by atoms with Gasteiger partial charge in [-0.2, -0.15) is 0 Å². The molecular formula is C14H16ClN3O2. The Morgan fingerprint density at radius 1 is 1.55 bits per heavy atom. The largest absolute Gasteiger partial charge is 0.481 e. The SMILES string of the molecule is CC(Oc1cccc(Cl)c1)C(=O)NCCc1ncc[nH]1. The number of nitrogens with one attached hydrogen (secondary N) is 2. The number of hydrogen-bond acceptors (Lipinski definition) is 3. The molecule has 0 spiro atoms. The average molecular weight is 294 g/mol. The Balaban J connectivity index is 1.77. The molecule has 1 amide bonds. The van der Waals surface area contributed by atoms with E-state index in [1.54, 1.807) is 43.6 Å². The van der Waals surface area contributed by atoms with Gasteiger partial charge in [0.1, 0.15) is 11.6 Å². The van der Waals surface area contributed by atoms with E-state index in [0.717, 1.165) is 5.82 Å². The third kappa shape index (κ3) is 4.28. The predicted octanol–water partition coefficient (Wildman–Crippen LogP) is 2.19. The van der Waals surface area contributed by atoms with Crippen LogP contribution in [0.15, 0.2) is 36.7 Å². The zero-order chi connectivity index (χ0) is 14.4. The number of benzene rings is 1. The highest BCUT2D eigenvalue weighted by Gasteiger charge is 2.14. The van der Waals surface area contributed by atoms with Crippen molar-refractivity contribution in [3.05, 3.63) is 47.5 Å². The highest BCUT2D eigenvalue weighted by Crippen LogP contribution is 2.18. The molecule has 0 bridgehead atoms. The maximum absolute atomic E-state index is 11.9. The number of carbonyl (C=O) groups excluding carboxylic acids is 1. The number of amides is 1. The summed E-state index contributed by atoms with van der Waals surface area (Å²) in [5.41, 5.74) is 0. The maximum Gasteiger partial charge on any atom is 0.260 e. The number of ether oxygens (including phenoxy) is 1. The molecule has 5 nitrogen and oxygen atoms in total. The number of H-pyrrole nitrogens is 1. The van der Waals surface area contributed by atoms with Gasteiger partial charge in [-0.25, -0.2) is 4.98 Å². The Hall–Kier alpha value is -2.01. The van der Waals surface area contributed by atoms with Crippen LogP contribution >= 0.6 is 11.6 Å². The molecule has 106 valence electrons. The monoisotopic (exact) mass is 293 g/mol. The number of aromatic nitrogens is 2. The van der Waals surface area contributed by atoms with E-state index < -0.39 is 6.10 Å². The summed E-state index contributed by atoms with van der Waals surface area (Å²) in [5.74, 6) is 1.25. The first-order valence-corrected chi connectivity index (χ1v) is 6.71. The molecule has 0 saturated carbocycles. The van der Waals surface area contributed by atoms with E-state index in [9.17, 15) is 4.79 Å². The molecule has 1 aromatic heterocycles. The van der Waals surface area contributed by atoms with E-state index in [1.165, 1.54) is 0 Å². The second-order valence-corrected chi connectivity index (χ2v) is 4.73. The van der Waals surface area contributed by atoms with Crippen LogP contribution in [0.4, 0.5) is 0 Å². The van der Waals surface area contributed by atoms with Gasteiger partial charge >= 0.3 is 0 Å². The van der Waals surface area contributed by atoms with E-state index in [2.05, 4.69) is 15.3 Å². The van der Waals surface area contributed by atoms with Gasteiger partial charge in [-0.3, -0.25) is 4.79 Å². The summed E-state index contributed by atoms with van der Waals surface area (Å²) in [7, 11) is 0. The lowest BCUT2D eigenvalue weighted by molar-refractivity contribution is -0.127. The van der Waals surface area contributed by atoms with Crippen molar-refractivity contribution < 1.29 is 9.53 Å². The topological polar surface area (TPSA) is 67.0 Å². The zero-order valence-electron chi connectivity index (χ0n) is 11.1. The summed E-state index contributed by atoms with van der Waals surface area (Å²) in [6.07, 6.45) is 3.51. The van der Waals surface area contributed by atoms with Crippen molar-refractivity contribution in [2.45, 2.75) is 19.4 Å². The number of hydrogen-bond donors (Lipinski definition) is 2. The minimum atomic E-state index is -0.579. The molecule has 2 aromatic rings. The van der Waals surface area contributed by atoms with Gasteiger partial charge in [0, 0.05) is 30.4 Å². The smallest absolute Gasteiger partial charge is 0.260 e. The summed E-state index contributed by atoms with van der Waals surface area (Å²) in [6, 6.07) is 6.97. The summed E-state index contributed by atoms with van der Waals surface area (Å²) in [5, 5.41) is 3.38. The highest BCUT2D eigenvalue weighted by atomic mass is 35.5. The first kappa shape index (κ1) is 14.4. The fraction of sp³-hybridized carbons (Fsp3) is 0.286.